The number of guanidine groups is 1. The molecule has 0 aromatic carbocycles. The molecule has 2 N–H and O–H groups in total. The molecule has 0 spiro atoms. The number of aliphatic imine (C=N–C) groups is 1. The van der Waals surface area contributed by atoms with Crippen LogP contribution in [0, 0.1) is 13.8 Å². The van der Waals surface area contributed by atoms with Crippen LogP contribution in [0.5, 0.6) is 0 Å². The SMILES string of the molecule is CCNC(=NCCc1c(C)noc1C)NCC. The fourth-order valence-electron chi connectivity index (χ4n) is 1.65. The van der Waals surface area contributed by atoms with E-state index in [0.29, 0.717) is 0 Å². The third kappa shape index (κ3) is 4.09. The molecule has 0 fully saturated rings. The van der Waals surface area contributed by atoms with E-state index in [4.69, 9.17) is 4.52 Å². The van der Waals surface area contributed by atoms with Crippen molar-refractivity contribution in [3.8, 4) is 0 Å². The number of hydrogen-bond donors (Lipinski definition) is 2. The molecular formula is C12H22N4O. The summed E-state index contributed by atoms with van der Waals surface area (Å²) in [5.74, 6) is 1.76. The van der Waals surface area contributed by atoms with E-state index in [9.17, 15) is 0 Å². The Morgan fingerprint density at radius 3 is 2.35 bits per heavy atom. The molecule has 0 amide bonds. The van der Waals surface area contributed by atoms with E-state index in [1.165, 1.54) is 5.56 Å². The minimum Gasteiger partial charge on any atom is -0.361 e. The first-order chi connectivity index (χ1) is 8.19. The van der Waals surface area contributed by atoms with Gasteiger partial charge in [0.15, 0.2) is 5.96 Å². The van der Waals surface area contributed by atoms with E-state index in [-0.39, 0.29) is 0 Å². The van der Waals surface area contributed by atoms with Gasteiger partial charge in [-0.1, -0.05) is 5.16 Å². The maximum atomic E-state index is 5.12. The molecule has 1 rings (SSSR count). The third-order valence-electron chi connectivity index (χ3n) is 2.50. The Hall–Kier alpha value is -1.52. The molecule has 1 aromatic heterocycles. The van der Waals surface area contributed by atoms with Crippen molar-refractivity contribution in [2.45, 2.75) is 34.1 Å². The first kappa shape index (κ1) is 13.5. The van der Waals surface area contributed by atoms with Crippen molar-refractivity contribution in [2.24, 2.45) is 4.99 Å². The largest absolute Gasteiger partial charge is 0.361 e. The van der Waals surface area contributed by atoms with Crippen LogP contribution >= 0.6 is 0 Å². The van der Waals surface area contributed by atoms with E-state index >= 15 is 0 Å². The van der Waals surface area contributed by atoms with E-state index in [2.05, 4.69) is 34.6 Å². The molecule has 0 bridgehead atoms. The second kappa shape index (κ2) is 6.93. The summed E-state index contributed by atoms with van der Waals surface area (Å²) in [6, 6.07) is 0. The molecule has 0 saturated heterocycles. The van der Waals surface area contributed by atoms with Gasteiger partial charge in [-0.3, -0.25) is 4.99 Å². The van der Waals surface area contributed by atoms with Crippen LogP contribution in [0.15, 0.2) is 9.52 Å². The summed E-state index contributed by atoms with van der Waals surface area (Å²) < 4.78 is 5.12. The van der Waals surface area contributed by atoms with Crippen LogP contribution in [0.3, 0.4) is 0 Å². The van der Waals surface area contributed by atoms with Gasteiger partial charge < -0.3 is 15.2 Å². The average molecular weight is 238 g/mol. The fraction of sp³-hybridized carbons (Fsp3) is 0.667. The van der Waals surface area contributed by atoms with Crippen molar-refractivity contribution < 1.29 is 4.52 Å². The summed E-state index contributed by atoms with van der Waals surface area (Å²) in [7, 11) is 0. The Morgan fingerprint density at radius 1 is 1.24 bits per heavy atom. The van der Waals surface area contributed by atoms with E-state index in [1.54, 1.807) is 0 Å². The summed E-state index contributed by atoms with van der Waals surface area (Å²) in [4.78, 5) is 4.49. The summed E-state index contributed by atoms with van der Waals surface area (Å²) in [6.45, 7) is 10.5. The van der Waals surface area contributed by atoms with Crippen molar-refractivity contribution in [3.63, 3.8) is 0 Å². The molecule has 0 aliphatic carbocycles. The zero-order valence-corrected chi connectivity index (χ0v) is 11.1. The van der Waals surface area contributed by atoms with Crippen molar-refractivity contribution in [1.29, 1.82) is 0 Å². The lowest BCUT2D eigenvalue weighted by Crippen LogP contribution is -2.37. The van der Waals surface area contributed by atoms with Crippen LogP contribution in [0.4, 0.5) is 0 Å². The molecule has 96 valence electrons. The Bertz CT molecular complexity index is 343. The number of aromatic nitrogens is 1. The molecule has 0 atom stereocenters. The Morgan fingerprint density at radius 2 is 1.88 bits per heavy atom. The molecule has 17 heavy (non-hydrogen) atoms. The number of hydrogen-bond acceptors (Lipinski definition) is 3. The first-order valence-electron chi connectivity index (χ1n) is 6.13. The van der Waals surface area contributed by atoms with Crippen LogP contribution in [0.25, 0.3) is 0 Å². The van der Waals surface area contributed by atoms with Crippen molar-refractivity contribution in [3.05, 3.63) is 17.0 Å². The van der Waals surface area contributed by atoms with E-state index < -0.39 is 0 Å². The van der Waals surface area contributed by atoms with Crippen LogP contribution in [-0.2, 0) is 6.42 Å². The van der Waals surface area contributed by atoms with Crippen LogP contribution in [-0.4, -0.2) is 30.8 Å². The van der Waals surface area contributed by atoms with Gasteiger partial charge in [0.1, 0.15) is 5.76 Å². The summed E-state index contributed by atoms with van der Waals surface area (Å²) in [5.41, 5.74) is 2.13. The van der Waals surface area contributed by atoms with Gasteiger partial charge in [-0.2, -0.15) is 0 Å². The molecule has 0 radical (unpaired) electrons. The highest BCUT2D eigenvalue weighted by molar-refractivity contribution is 5.79. The topological polar surface area (TPSA) is 62.5 Å². The zero-order valence-electron chi connectivity index (χ0n) is 11.1. The lowest BCUT2D eigenvalue weighted by molar-refractivity contribution is 0.392. The minimum atomic E-state index is 0.734. The maximum absolute atomic E-state index is 5.12. The number of nitrogens with zero attached hydrogens (tertiary/aromatic N) is 2. The molecule has 0 saturated carbocycles. The second-order valence-electron chi connectivity index (χ2n) is 3.84. The fourth-order valence-corrected chi connectivity index (χ4v) is 1.65. The molecule has 1 heterocycles. The van der Waals surface area contributed by atoms with Gasteiger partial charge in [0, 0.05) is 25.2 Å². The van der Waals surface area contributed by atoms with Gasteiger partial charge >= 0.3 is 0 Å². The number of rotatable bonds is 5. The molecule has 0 unspecified atom stereocenters. The molecule has 0 aliphatic heterocycles. The maximum Gasteiger partial charge on any atom is 0.191 e. The molecule has 5 nitrogen and oxygen atoms in total. The molecule has 1 aromatic rings. The Balaban J connectivity index is 2.52. The third-order valence-corrected chi connectivity index (χ3v) is 2.50. The molecule has 0 aliphatic rings. The zero-order chi connectivity index (χ0) is 12.7. The van der Waals surface area contributed by atoms with Crippen LogP contribution < -0.4 is 10.6 Å². The van der Waals surface area contributed by atoms with Crippen molar-refractivity contribution in [1.82, 2.24) is 15.8 Å². The molecular weight excluding hydrogens is 216 g/mol. The van der Waals surface area contributed by atoms with Crippen molar-refractivity contribution >= 4 is 5.96 Å². The van der Waals surface area contributed by atoms with Gasteiger partial charge in [0.05, 0.1) is 5.69 Å². The van der Waals surface area contributed by atoms with E-state index in [0.717, 1.165) is 43.5 Å². The van der Waals surface area contributed by atoms with E-state index in [1.807, 2.05) is 13.8 Å². The van der Waals surface area contributed by atoms with Gasteiger partial charge in [-0.25, -0.2) is 0 Å². The quantitative estimate of drug-likeness (QED) is 0.601. The molecule has 5 heteroatoms. The first-order valence-corrected chi connectivity index (χ1v) is 6.13. The number of nitrogens with one attached hydrogen (secondary N) is 2. The highest BCUT2D eigenvalue weighted by Crippen LogP contribution is 2.12. The van der Waals surface area contributed by atoms with Gasteiger partial charge in [-0.15, -0.1) is 0 Å². The summed E-state index contributed by atoms with van der Waals surface area (Å²) in [5, 5.41) is 10.3. The summed E-state index contributed by atoms with van der Waals surface area (Å²) in [6.07, 6.45) is 0.863. The second-order valence-corrected chi connectivity index (χ2v) is 3.84. The smallest absolute Gasteiger partial charge is 0.191 e. The predicted molar refractivity (Wildman–Crippen MR) is 69.3 cm³/mol. The minimum absolute atomic E-state index is 0.734. The standard InChI is InChI=1S/C12H22N4O/c1-5-13-12(14-6-2)15-8-7-11-9(3)16-17-10(11)4/h5-8H2,1-4H3,(H2,13,14,15). The Labute approximate surface area is 103 Å². The Kier molecular flexibility index (Phi) is 5.52. The van der Waals surface area contributed by atoms with Gasteiger partial charge in [0.25, 0.3) is 0 Å². The predicted octanol–water partition coefficient (Wildman–Crippen LogP) is 1.41. The summed E-state index contributed by atoms with van der Waals surface area (Å²) >= 11 is 0. The van der Waals surface area contributed by atoms with Gasteiger partial charge in [-0.05, 0) is 34.1 Å². The normalized spacial score (nSPS) is 10.1. The lowest BCUT2D eigenvalue weighted by Gasteiger charge is -2.08. The van der Waals surface area contributed by atoms with Crippen molar-refractivity contribution in [2.75, 3.05) is 19.6 Å². The van der Waals surface area contributed by atoms with Crippen LogP contribution in [0.1, 0.15) is 30.9 Å². The highest BCUT2D eigenvalue weighted by Gasteiger charge is 2.07. The van der Waals surface area contributed by atoms with Crippen LogP contribution in [0.2, 0.25) is 0 Å². The van der Waals surface area contributed by atoms with Gasteiger partial charge in [0.2, 0.25) is 0 Å². The number of aryl methyl sites for hydroxylation is 2. The lowest BCUT2D eigenvalue weighted by atomic mass is 10.1. The average Bonchev–Trinajstić information content (AvgIpc) is 2.61. The highest BCUT2D eigenvalue weighted by atomic mass is 16.5. The monoisotopic (exact) mass is 238 g/mol.